The second kappa shape index (κ2) is 8.01. The van der Waals surface area contributed by atoms with Gasteiger partial charge in [0.1, 0.15) is 0 Å². The van der Waals surface area contributed by atoms with Gasteiger partial charge in [-0.15, -0.1) is 0 Å². The van der Waals surface area contributed by atoms with Crippen LogP contribution in [-0.4, -0.2) is 26.1 Å². The highest BCUT2D eigenvalue weighted by molar-refractivity contribution is 9.10. The Labute approximate surface area is 138 Å². The van der Waals surface area contributed by atoms with Crippen molar-refractivity contribution >= 4 is 39.1 Å². The van der Waals surface area contributed by atoms with Gasteiger partial charge in [-0.2, -0.15) is 0 Å². The zero-order valence-electron chi connectivity index (χ0n) is 12.0. The average molecular weight is 376 g/mol. The molecule has 1 fully saturated rings. The minimum atomic E-state index is 0.000925. The lowest BCUT2D eigenvalue weighted by Crippen LogP contribution is -2.28. The predicted molar refractivity (Wildman–Crippen MR) is 89.2 cm³/mol. The van der Waals surface area contributed by atoms with Crippen molar-refractivity contribution < 1.29 is 9.53 Å². The van der Waals surface area contributed by atoms with E-state index >= 15 is 0 Å². The lowest BCUT2D eigenvalue weighted by molar-refractivity contribution is -0.116. The predicted octanol–water partition coefficient (Wildman–Crippen LogP) is 3.83. The number of piperidine rings is 1. The van der Waals surface area contributed by atoms with Gasteiger partial charge in [0.15, 0.2) is 5.75 Å². The Bertz CT molecular complexity index is 505. The zero-order valence-corrected chi connectivity index (χ0v) is 14.4. The summed E-state index contributed by atoms with van der Waals surface area (Å²) < 4.78 is 6.03. The van der Waals surface area contributed by atoms with Crippen molar-refractivity contribution in [2.45, 2.75) is 25.7 Å². The van der Waals surface area contributed by atoms with Crippen LogP contribution in [0.15, 0.2) is 16.6 Å². The number of nitrogens with one attached hydrogen (secondary N) is 2. The van der Waals surface area contributed by atoms with Gasteiger partial charge in [-0.05, 0) is 66.3 Å². The molecular formula is C15H20BrClN2O2. The molecule has 1 aliphatic rings. The maximum absolute atomic E-state index is 12.1. The lowest BCUT2D eigenvalue weighted by atomic mass is 9.93. The molecule has 1 aliphatic heterocycles. The van der Waals surface area contributed by atoms with Crippen LogP contribution in [0, 0.1) is 5.92 Å². The van der Waals surface area contributed by atoms with Crippen molar-refractivity contribution in [1.82, 2.24) is 5.32 Å². The molecule has 0 aliphatic carbocycles. The first-order chi connectivity index (χ1) is 10.1. The summed E-state index contributed by atoms with van der Waals surface area (Å²) in [6.07, 6.45) is 3.76. The van der Waals surface area contributed by atoms with Crippen LogP contribution in [0.1, 0.15) is 25.7 Å². The number of hydrogen-bond acceptors (Lipinski definition) is 3. The van der Waals surface area contributed by atoms with Crippen molar-refractivity contribution in [3.05, 3.63) is 21.6 Å². The fourth-order valence-electron chi connectivity index (χ4n) is 2.58. The molecule has 21 heavy (non-hydrogen) atoms. The van der Waals surface area contributed by atoms with E-state index in [1.807, 2.05) is 0 Å². The average Bonchev–Trinajstić information content (AvgIpc) is 2.46. The van der Waals surface area contributed by atoms with Gasteiger partial charge < -0.3 is 15.4 Å². The molecule has 1 aromatic carbocycles. The summed E-state index contributed by atoms with van der Waals surface area (Å²) in [6.45, 7) is 2.11. The van der Waals surface area contributed by atoms with E-state index in [0.29, 0.717) is 28.8 Å². The first-order valence-corrected chi connectivity index (χ1v) is 8.31. The van der Waals surface area contributed by atoms with Crippen molar-refractivity contribution in [3.8, 4) is 5.75 Å². The minimum Gasteiger partial charge on any atom is -0.493 e. The molecule has 0 saturated carbocycles. The number of anilines is 1. The van der Waals surface area contributed by atoms with E-state index in [0.717, 1.165) is 36.8 Å². The zero-order chi connectivity index (χ0) is 15.2. The number of halogens is 2. The highest BCUT2D eigenvalue weighted by Crippen LogP contribution is 2.36. The van der Waals surface area contributed by atoms with Crippen LogP contribution >= 0.6 is 27.5 Å². The number of carbonyl (C=O) groups is 1. The minimum absolute atomic E-state index is 0.000925. The van der Waals surface area contributed by atoms with E-state index in [9.17, 15) is 4.79 Å². The number of benzene rings is 1. The Hall–Kier alpha value is -0.780. The van der Waals surface area contributed by atoms with Crippen molar-refractivity contribution in [2.75, 3.05) is 25.5 Å². The molecule has 0 atom stereocenters. The topological polar surface area (TPSA) is 50.4 Å². The van der Waals surface area contributed by atoms with Crippen molar-refractivity contribution in [1.29, 1.82) is 0 Å². The number of rotatable bonds is 5. The SMILES string of the molecule is COc1c(Br)cc(Cl)cc1NC(=O)CCC1CCNCC1. The fraction of sp³-hybridized carbons (Fsp3) is 0.533. The molecule has 2 N–H and O–H groups in total. The molecule has 0 radical (unpaired) electrons. The Morgan fingerprint density at radius 3 is 2.86 bits per heavy atom. The molecule has 0 unspecified atom stereocenters. The molecule has 1 saturated heterocycles. The second-order valence-corrected chi connectivity index (χ2v) is 6.54. The van der Waals surface area contributed by atoms with Crippen LogP contribution < -0.4 is 15.4 Å². The smallest absolute Gasteiger partial charge is 0.224 e. The second-order valence-electron chi connectivity index (χ2n) is 5.25. The Balaban J connectivity index is 1.92. The van der Waals surface area contributed by atoms with Crippen LogP contribution in [0.2, 0.25) is 5.02 Å². The molecule has 4 nitrogen and oxygen atoms in total. The normalized spacial score (nSPS) is 15.8. The van der Waals surface area contributed by atoms with Gasteiger partial charge in [0.2, 0.25) is 5.91 Å². The molecule has 1 heterocycles. The first-order valence-electron chi connectivity index (χ1n) is 7.13. The molecule has 0 spiro atoms. The molecule has 0 aromatic heterocycles. The third-order valence-electron chi connectivity index (χ3n) is 3.72. The monoisotopic (exact) mass is 374 g/mol. The highest BCUT2D eigenvalue weighted by Gasteiger charge is 2.16. The number of carbonyl (C=O) groups excluding carboxylic acids is 1. The number of hydrogen-bond donors (Lipinski definition) is 2. The standard InChI is InChI=1S/C15H20BrClN2O2/c1-21-15-12(16)8-11(17)9-13(15)19-14(20)3-2-10-4-6-18-7-5-10/h8-10,18H,2-7H2,1H3,(H,19,20). The first kappa shape index (κ1) is 16.6. The van der Waals surface area contributed by atoms with Crippen LogP contribution in [0.5, 0.6) is 5.75 Å². The molecule has 2 rings (SSSR count). The molecule has 1 aromatic rings. The molecule has 1 amide bonds. The van der Waals surface area contributed by atoms with Gasteiger partial charge in [0, 0.05) is 11.4 Å². The molecule has 116 valence electrons. The van der Waals surface area contributed by atoms with E-state index < -0.39 is 0 Å². The maximum Gasteiger partial charge on any atom is 0.224 e. The summed E-state index contributed by atoms with van der Waals surface area (Å²) >= 11 is 9.40. The van der Waals surface area contributed by atoms with Gasteiger partial charge in [-0.1, -0.05) is 11.6 Å². The summed E-state index contributed by atoms with van der Waals surface area (Å²) in [7, 11) is 1.57. The molecular weight excluding hydrogens is 356 g/mol. The van der Waals surface area contributed by atoms with Crippen LogP contribution in [0.25, 0.3) is 0 Å². The maximum atomic E-state index is 12.1. The van der Waals surface area contributed by atoms with E-state index in [1.54, 1.807) is 19.2 Å². The molecule has 6 heteroatoms. The van der Waals surface area contributed by atoms with E-state index in [4.69, 9.17) is 16.3 Å². The summed E-state index contributed by atoms with van der Waals surface area (Å²) in [5.74, 6) is 1.24. The van der Waals surface area contributed by atoms with Gasteiger partial charge in [-0.25, -0.2) is 0 Å². The van der Waals surface area contributed by atoms with E-state index in [1.165, 1.54) is 0 Å². The lowest BCUT2D eigenvalue weighted by Gasteiger charge is -2.22. The van der Waals surface area contributed by atoms with Crippen LogP contribution in [-0.2, 0) is 4.79 Å². The Kier molecular flexibility index (Phi) is 6.33. The summed E-state index contributed by atoms with van der Waals surface area (Å²) in [6, 6.07) is 3.44. The third kappa shape index (κ3) is 4.87. The summed E-state index contributed by atoms with van der Waals surface area (Å²) in [5.41, 5.74) is 0.604. The van der Waals surface area contributed by atoms with Gasteiger partial charge in [0.05, 0.1) is 17.3 Å². The third-order valence-corrected chi connectivity index (χ3v) is 4.53. The largest absolute Gasteiger partial charge is 0.493 e. The Morgan fingerprint density at radius 1 is 1.48 bits per heavy atom. The van der Waals surface area contributed by atoms with Crippen LogP contribution in [0.3, 0.4) is 0 Å². The van der Waals surface area contributed by atoms with Gasteiger partial charge >= 0.3 is 0 Å². The van der Waals surface area contributed by atoms with E-state index in [-0.39, 0.29) is 5.91 Å². The number of amides is 1. The number of ether oxygens (including phenoxy) is 1. The van der Waals surface area contributed by atoms with Gasteiger partial charge in [0.25, 0.3) is 0 Å². The molecule has 0 bridgehead atoms. The van der Waals surface area contributed by atoms with E-state index in [2.05, 4.69) is 26.6 Å². The van der Waals surface area contributed by atoms with Gasteiger partial charge in [-0.3, -0.25) is 4.79 Å². The highest BCUT2D eigenvalue weighted by atomic mass is 79.9. The quantitative estimate of drug-likeness (QED) is 0.822. The fourth-order valence-corrected chi connectivity index (χ4v) is 3.55. The van der Waals surface area contributed by atoms with Crippen molar-refractivity contribution in [3.63, 3.8) is 0 Å². The Morgan fingerprint density at radius 2 is 2.19 bits per heavy atom. The summed E-state index contributed by atoms with van der Waals surface area (Å²) in [5, 5.41) is 6.77. The summed E-state index contributed by atoms with van der Waals surface area (Å²) in [4.78, 5) is 12.1. The van der Waals surface area contributed by atoms with Crippen LogP contribution in [0.4, 0.5) is 5.69 Å². The number of methoxy groups -OCH3 is 1. The van der Waals surface area contributed by atoms with Crippen molar-refractivity contribution in [2.24, 2.45) is 5.92 Å².